The number of hydrogen-bond donors (Lipinski definition) is 0. The Bertz CT molecular complexity index is 3670. The van der Waals surface area contributed by atoms with E-state index in [0.717, 1.165) is 0 Å². The van der Waals surface area contributed by atoms with Crippen LogP contribution in [0.3, 0.4) is 0 Å². The van der Waals surface area contributed by atoms with Crippen LogP contribution in [0.1, 0.15) is 170 Å². The highest BCUT2D eigenvalue weighted by Crippen LogP contribution is 2.56. The molecule has 7 aromatic carbocycles. The van der Waals surface area contributed by atoms with Crippen LogP contribution in [-0.4, -0.2) is 6.71 Å². The molecule has 2 nitrogen and oxygen atoms in total. The summed E-state index contributed by atoms with van der Waals surface area (Å²) in [6, 6.07) is 44.5. The quantitative estimate of drug-likeness (QED) is 0.159. The number of benzene rings is 7. The smallest absolute Gasteiger partial charge is 0.252 e. The predicted octanol–water partition coefficient (Wildman–Crippen LogP) is 16.7. The summed E-state index contributed by atoms with van der Waals surface area (Å²) in [5, 5.41) is 2.71. The van der Waals surface area contributed by atoms with E-state index in [1.807, 2.05) is 11.3 Å². The molecule has 2 aliphatic heterocycles. The molecule has 0 fully saturated rings. The number of nitrogens with zero attached hydrogens (tertiary/aromatic N) is 2. The molecule has 0 N–H and O–H groups in total. The fraction of sp³-hybridized carbons (Fsp3) is 0.373. The van der Waals surface area contributed by atoms with Gasteiger partial charge in [0.15, 0.2) is 0 Å². The maximum Gasteiger partial charge on any atom is 0.252 e. The van der Waals surface area contributed by atoms with Crippen LogP contribution in [0.15, 0.2) is 109 Å². The number of anilines is 6. The summed E-state index contributed by atoms with van der Waals surface area (Å²) in [5.41, 5.74) is 27.8. The van der Waals surface area contributed by atoms with Gasteiger partial charge in [-0.25, -0.2) is 0 Å². The minimum atomic E-state index is -0.202. The molecule has 8 aromatic rings. The van der Waals surface area contributed by atoms with Gasteiger partial charge >= 0.3 is 0 Å². The summed E-state index contributed by atoms with van der Waals surface area (Å²) in [6.07, 6.45) is 4.75. The zero-order valence-corrected chi connectivity index (χ0v) is 45.9. The van der Waals surface area contributed by atoms with Crippen molar-refractivity contribution in [3.05, 3.63) is 170 Å². The Balaban J connectivity index is 1.18. The van der Waals surface area contributed by atoms with E-state index in [1.54, 1.807) is 0 Å². The largest absolute Gasteiger partial charge is 0.311 e. The third-order valence-electron chi connectivity index (χ3n) is 19.3. The van der Waals surface area contributed by atoms with E-state index >= 15 is 0 Å². The number of hydrogen-bond acceptors (Lipinski definition) is 3. The van der Waals surface area contributed by atoms with Crippen LogP contribution in [-0.2, 0) is 32.5 Å². The summed E-state index contributed by atoms with van der Waals surface area (Å²) in [7, 11) is 0. The lowest BCUT2D eigenvalue weighted by Gasteiger charge is -2.49. The molecule has 4 heteroatoms. The molecule has 0 unspecified atom stereocenters. The van der Waals surface area contributed by atoms with Crippen molar-refractivity contribution in [2.75, 3.05) is 9.80 Å². The van der Waals surface area contributed by atoms with Crippen LogP contribution in [0.25, 0.3) is 20.2 Å². The SMILES string of the molecule is Cc1cc2c3c(c1)N(c1cc4c(cc1C)C(C)(C)CCC4(C)C)c1cc4sc5ccccc5c4cc1B3c1cc3c(cc1N2c1cc2c(cc1C)C(C)(C)CCC2(C)C)C(C)(C)c1ccccc1C3(C)C. The molecule has 13 rings (SSSR count). The average molecular weight is 947 g/mol. The molecule has 0 radical (unpaired) electrons. The van der Waals surface area contributed by atoms with Gasteiger partial charge in [-0.2, -0.15) is 0 Å². The first-order valence-electron chi connectivity index (χ1n) is 26.7. The Morgan fingerprint density at radius 3 is 1.32 bits per heavy atom. The van der Waals surface area contributed by atoms with E-state index in [4.69, 9.17) is 0 Å². The van der Waals surface area contributed by atoms with Crippen LogP contribution in [0.4, 0.5) is 34.1 Å². The molecule has 0 saturated heterocycles. The van der Waals surface area contributed by atoms with Crippen molar-refractivity contribution in [1.82, 2.24) is 0 Å². The second kappa shape index (κ2) is 14.3. The van der Waals surface area contributed by atoms with Crippen LogP contribution in [0, 0.1) is 20.8 Å². The molecule has 71 heavy (non-hydrogen) atoms. The first-order valence-corrected chi connectivity index (χ1v) is 27.5. The van der Waals surface area contributed by atoms with E-state index < -0.39 is 0 Å². The second-order valence-electron chi connectivity index (χ2n) is 26.5. The summed E-state index contributed by atoms with van der Waals surface area (Å²) in [6.45, 7) is 36.8. The van der Waals surface area contributed by atoms with Gasteiger partial charge in [0.2, 0.25) is 0 Å². The monoisotopic (exact) mass is 947 g/mol. The highest BCUT2D eigenvalue weighted by molar-refractivity contribution is 7.26. The van der Waals surface area contributed by atoms with Gasteiger partial charge in [-0.1, -0.05) is 150 Å². The Hall–Kier alpha value is -5.58. The number of fused-ring (bicyclic) bond motifs is 11. The number of thiophene rings is 1. The Morgan fingerprint density at radius 1 is 0.380 bits per heavy atom. The molecule has 0 atom stereocenters. The lowest BCUT2D eigenvalue weighted by atomic mass is 9.33. The van der Waals surface area contributed by atoms with Crippen molar-refractivity contribution in [3.8, 4) is 0 Å². The standard InChI is InChI=1S/C67H71BN2S/c1-38-28-57-61-58(29-38)70(54-35-48-46(31-40(54)3)63(6,7)25-27-65(48,10)11)56-37-60-42(41-20-16-19-23-59(41)71-60)32-51(56)68(61)52-33-49-50(67(14,15)44-22-18-17-21-43(44)66(49,12)13)36-55(52)69(57)53-34-47-45(30-39(53)2)62(4,5)24-26-64(47,8)9/h16-23,28-37H,24-27H2,1-15H3. The van der Waals surface area contributed by atoms with Crippen molar-refractivity contribution in [2.45, 2.75) is 162 Å². The normalized spacial score (nSPS) is 19.8. The minimum absolute atomic E-state index is 0.00385. The van der Waals surface area contributed by atoms with Crippen molar-refractivity contribution in [2.24, 2.45) is 0 Å². The topological polar surface area (TPSA) is 6.48 Å². The van der Waals surface area contributed by atoms with Crippen LogP contribution in [0.5, 0.6) is 0 Å². The Morgan fingerprint density at radius 2 is 0.803 bits per heavy atom. The molecular formula is C67H71BN2S. The van der Waals surface area contributed by atoms with Gasteiger partial charge in [0.1, 0.15) is 0 Å². The third-order valence-corrected chi connectivity index (χ3v) is 20.4. The summed E-state index contributed by atoms with van der Waals surface area (Å²) in [4.78, 5) is 5.48. The summed E-state index contributed by atoms with van der Waals surface area (Å²) in [5.74, 6) is 0. The first kappa shape index (κ1) is 45.3. The van der Waals surface area contributed by atoms with Crippen LogP contribution >= 0.6 is 11.3 Å². The van der Waals surface area contributed by atoms with Crippen molar-refractivity contribution in [1.29, 1.82) is 0 Å². The molecule has 0 bridgehead atoms. The van der Waals surface area contributed by atoms with Crippen molar-refractivity contribution < 1.29 is 0 Å². The van der Waals surface area contributed by atoms with Gasteiger partial charge < -0.3 is 9.80 Å². The van der Waals surface area contributed by atoms with Crippen LogP contribution in [0.2, 0.25) is 0 Å². The van der Waals surface area contributed by atoms with Crippen molar-refractivity contribution in [3.63, 3.8) is 0 Å². The first-order chi connectivity index (χ1) is 33.4. The van der Waals surface area contributed by atoms with Crippen LogP contribution < -0.4 is 26.2 Å². The van der Waals surface area contributed by atoms with Gasteiger partial charge in [0.25, 0.3) is 6.71 Å². The molecule has 3 aliphatic carbocycles. The molecule has 0 spiro atoms. The maximum absolute atomic E-state index is 2.75. The highest BCUT2D eigenvalue weighted by atomic mass is 32.1. The van der Waals surface area contributed by atoms with E-state index in [-0.39, 0.29) is 39.2 Å². The zero-order valence-electron chi connectivity index (χ0n) is 45.1. The average Bonchev–Trinajstić information content (AvgIpc) is 3.68. The molecule has 358 valence electrons. The third kappa shape index (κ3) is 6.13. The van der Waals surface area contributed by atoms with Gasteiger partial charge in [0.05, 0.1) is 0 Å². The van der Waals surface area contributed by atoms with E-state index in [0.29, 0.717) is 0 Å². The second-order valence-corrected chi connectivity index (χ2v) is 27.6. The van der Waals surface area contributed by atoms with Gasteiger partial charge in [-0.15, -0.1) is 11.3 Å². The lowest BCUT2D eigenvalue weighted by Crippen LogP contribution is -2.62. The fourth-order valence-electron chi connectivity index (χ4n) is 14.7. The molecule has 0 amide bonds. The fourth-order valence-corrected chi connectivity index (χ4v) is 15.8. The molecule has 5 aliphatic rings. The lowest BCUT2D eigenvalue weighted by molar-refractivity contribution is 0.332. The molecule has 3 heterocycles. The maximum atomic E-state index is 2.75. The number of aryl methyl sites for hydroxylation is 3. The Labute approximate surface area is 428 Å². The summed E-state index contributed by atoms with van der Waals surface area (Å²) < 4.78 is 2.70. The molecule has 1 aromatic heterocycles. The van der Waals surface area contributed by atoms with Crippen molar-refractivity contribution >= 4 is 88.7 Å². The Kier molecular flexibility index (Phi) is 9.15. The van der Waals surface area contributed by atoms with E-state index in [9.17, 15) is 0 Å². The van der Waals surface area contributed by atoms with Gasteiger partial charge in [0, 0.05) is 59.7 Å². The van der Waals surface area contributed by atoms with E-state index in [2.05, 4.69) is 223 Å². The summed E-state index contributed by atoms with van der Waals surface area (Å²) >= 11 is 1.94. The molecule has 0 saturated carbocycles. The highest BCUT2D eigenvalue weighted by Gasteiger charge is 2.49. The minimum Gasteiger partial charge on any atom is -0.311 e. The predicted molar refractivity (Wildman–Crippen MR) is 309 cm³/mol. The number of rotatable bonds is 2. The van der Waals surface area contributed by atoms with Gasteiger partial charge in [-0.3, -0.25) is 0 Å². The van der Waals surface area contributed by atoms with Gasteiger partial charge in [-0.05, 0) is 194 Å². The van der Waals surface area contributed by atoms with E-state index in [1.165, 1.54) is 158 Å². The zero-order chi connectivity index (χ0) is 49.9. The molecular weight excluding hydrogens is 876 g/mol.